The maximum absolute atomic E-state index is 11.5. The first-order valence-corrected chi connectivity index (χ1v) is 7.37. The van der Waals surface area contributed by atoms with E-state index in [0.717, 1.165) is 50.4 Å². The molecule has 20 heavy (non-hydrogen) atoms. The molecule has 0 radical (unpaired) electrons. The molecule has 1 fully saturated rings. The number of carbonyl (C=O) groups is 1. The third-order valence-corrected chi connectivity index (χ3v) is 3.05. The van der Waals surface area contributed by atoms with Crippen LogP contribution in [0.2, 0.25) is 0 Å². The van der Waals surface area contributed by atoms with E-state index < -0.39 is 0 Å². The van der Waals surface area contributed by atoms with Crippen molar-refractivity contribution in [3.05, 3.63) is 12.4 Å². The predicted octanol–water partition coefficient (Wildman–Crippen LogP) is 1.77. The first kappa shape index (κ1) is 14.6. The molecule has 6 heteroatoms. The van der Waals surface area contributed by atoms with E-state index in [1.807, 2.05) is 6.07 Å². The van der Waals surface area contributed by atoms with Crippen LogP contribution in [0.4, 0.5) is 11.6 Å². The summed E-state index contributed by atoms with van der Waals surface area (Å²) in [6.45, 7) is 3.75. The third kappa shape index (κ3) is 5.42. The molecule has 0 atom stereocenters. The van der Waals surface area contributed by atoms with Gasteiger partial charge in [0.15, 0.2) is 0 Å². The Kier molecular flexibility index (Phi) is 5.58. The third-order valence-electron chi connectivity index (χ3n) is 3.05. The molecule has 1 aliphatic rings. The van der Waals surface area contributed by atoms with Crippen LogP contribution in [0.25, 0.3) is 0 Å². The van der Waals surface area contributed by atoms with Gasteiger partial charge in [0.05, 0.1) is 0 Å². The lowest BCUT2D eigenvalue weighted by Gasteiger charge is -2.08. The normalized spacial score (nSPS) is 13.8. The Morgan fingerprint density at radius 2 is 1.95 bits per heavy atom. The maximum Gasteiger partial charge on any atom is 0.220 e. The highest BCUT2D eigenvalue weighted by atomic mass is 16.1. The number of nitrogens with zero attached hydrogens (tertiary/aromatic N) is 2. The van der Waals surface area contributed by atoms with Gasteiger partial charge in [-0.15, -0.1) is 0 Å². The van der Waals surface area contributed by atoms with Crippen molar-refractivity contribution in [1.29, 1.82) is 0 Å². The second-order valence-electron chi connectivity index (χ2n) is 5.09. The molecule has 110 valence electrons. The van der Waals surface area contributed by atoms with Crippen molar-refractivity contribution in [1.82, 2.24) is 15.3 Å². The van der Waals surface area contributed by atoms with Gasteiger partial charge in [-0.3, -0.25) is 4.79 Å². The minimum atomic E-state index is 0.155. The van der Waals surface area contributed by atoms with Crippen LogP contribution in [0.1, 0.15) is 39.0 Å². The van der Waals surface area contributed by atoms with Gasteiger partial charge in [-0.2, -0.15) is 0 Å². The summed E-state index contributed by atoms with van der Waals surface area (Å²) in [6.07, 6.45) is 6.25. The molecule has 1 aliphatic carbocycles. The highest BCUT2D eigenvalue weighted by Gasteiger charge is 2.22. The molecular weight excluding hydrogens is 254 g/mol. The number of carbonyl (C=O) groups excluding carboxylic acids is 1. The van der Waals surface area contributed by atoms with Crippen molar-refractivity contribution in [2.75, 3.05) is 23.7 Å². The minimum absolute atomic E-state index is 0.155. The summed E-state index contributed by atoms with van der Waals surface area (Å²) in [5.74, 6) is 1.78. The zero-order valence-corrected chi connectivity index (χ0v) is 12.0. The number of amides is 1. The lowest BCUT2D eigenvalue weighted by atomic mass is 10.3. The molecule has 1 saturated carbocycles. The molecule has 6 nitrogen and oxygen atoms in total. The molecule has 1 heterocycles. The van der Waals surface area contributed by atoms with E-state index in [9.17, 15) is 4.79 Å². The Bertz CT molecular complexity index is 433. The van der Waals surface area contributed by atoms with Gasteiger partial charge in [-0.1, -0.05) is 6.92 Å². The quantitative estimate of drug-likeness (QED) is 0.600. The van der Waals surface area contributed by atoms with Gasteiger partial charge in [0.2, 0.25) is 5.91 Å². The molecule has 2 rings (SSSR count). The lowest BCUT2D eigenvalue weighted by Crippen LogP contribution is -2.25. The molecule has 1 amide bonds. The molecular formula is C14H23N5O. The Hall–Kier alpha value is -1.85. The number of rotatable bonds is 9. The van der Waals surface area contributed by atoms with E-state index in [4.69, 9.17) is 0 Å². The van der Waals surface area contributed by atoms with Crippen molar-refractivity contribution in [2.24, 2.45) is 0 Å². The fourth-order valence-electron chi connectivity index (χ4n) is 1.80. The van der Waals surface area contributed by atoms with E-state index in [2.05, 4.69) is 32.8 Å². The summed E-state index contributed by atoms with van der Waals surface area (Å²) in [5, 5.41) is 9.41. The molecule has 1 aromatic heterocycles. The van der Waals surface area contributed by atoms with Crippen LogP contribution in [-0.2, 0) is 4.79 Å². The van der Waals surface area contributed by atoms with Crippen molar-refractivity contribution < 1.29 is 4.79 Å². The average Bonchev–Trinajstić information content (AvgIpc) is 3.26. The van der Waals surface area contributed by atoms with Crippen LogP contribution < -0.4 is 16.0 Å². The Labute approximate surface area is 119 Å². The van der Waals surface area contributed by atoms with E-state index in [0.29, 0.717) is 12.5 Å². The highest BCUT2D eigenvalue weighted by molar-refractivity contribution is 5.76. The van der Waals surface area contributed by atoms with Crippen LogP contribution >= 0.6 is 0 Å². The second-order valence-corrected chi connectivity index (χ2v) is 5.09. The van der Waals surface area contributed by atoms with Gasteiger partial charge in [0.25, 0.3) is 0 Å². The first-order valence-electron chi connectivity index (χ1n) is 7.37. The fraction of sp³-hybridized carbons (Fsp3) is 0.643. The van der Waals surface area contributed by atoms with Crippen molar-refractivity contribution in [3.8, 4) is 0 Å². The predicted molar refractivity (Wildman–Crippen MR) is 79.7 cm³/mol. The van der Waals surface area contributed by atoms with Gasteiger partial charge in [0, 0.05) is 31.6 Å². The largest absolute Gasteiger partial charge is 0.370 e. The molecule has 0 aromatic carbocycles. The van der Waals surface area contributed by atoms with Crippen molar-refractivity contribution >= 4 is 17.5 Å². The monoisotopic (exact) mass is 277 g/mol. The van der Waals surface area contributed by atoms with Crippen LogP contribution in [0.3, 0.4) is 0 Å². The SMILES string of the molecule is CCCNc1cc(NCCCC(=O)NC2CC2)ncn1. The number of anilines is 2. The molecule has 0 bridgehead atoms. The second kappa shape index (κ2) is 7.67. The summed E-state index contributed by atoms with van der Waals surface area (Å²) in [7, 11) is 0. The smallest absolute Gasteiger partial charge is 0.220 e. The molecule has 0 spiro atoms. The summed E-state index contributed by atoms with van der Waals surface area (Å²) in [5.41, 5.74) is 0. The standard InChI is InChI=1S/C14H23N5O/c1-2-7-15-12-9-13(18-10-17-12)16-8-3-4-14(20)19-11-5-6-11/h9-11H,2-8H2,1H3,(H,19,20)(H2,15,16,17,18). The van der Waals surface area contributed by atoms with Crippen molar-refractivity contribution in [3.63, 3.8) is 0 Å². The number of nitrogens with one attached hydrogen (secondary N) is 3. The number of aromatic nitrogens is 2. The topological polar surface area (TPSA) is 78.9 Å². The van der Waals surface area contributed by atoms with Gasteiger partial charge in [-0.25, -0.2) is 9.97 Å². The number of hydrogen-bond donors (Lipinski definition) is 3. The van der Waals surface area contributed by atoms with Crippen molar-refractivity contribution in [2.45, 2.75) is 45.1 Å². The zero-order valence-electron chi connectivity index (χ0n) is 12.0. The Morgan fingerprint density at radius 1 is 1.25 bits per heavy atom. The van der Waals surface area contributed by atoms with Gasteiger partial charge < -0.3 is 16.0 Å². The molecule has 3 N–H and O–H groups in total. The fourth-order valence-corrected chi connectivity index (χ4v) is 1.80. The summed E-state index contributed by atoms with van der Waals surface area (Å²) >= 11 is 0. The lowest BCUT2D eigenvalue weighted by molar-refractivity contribution is -0.121. The van der Waals surface area contributed by atoms with Gasteiger partial charge in [0.1, 0.15) is 18.0 Å². The summed E-state index contributed by atoms with van der Waals surface area (Å²) in [6, 6.07) is 2.34. The van der Waals surface area contributed by atoms with E-state index in [1.54, 1.807) is 6.33 Å². The summed E-state index contributed by atoms with van der Waals surface area (Å²) in [4.78, 5) is 19.8. The maximum atomic E-state index is 11.5. The molecule has 0 unspecified atom stereocenters. The number of hydrogen-bond acceptors (Lipinski definition) is 5. The molecule has 0 aliphatic heterocycles. The van der Waals surface area contributed by atoms with Crippen LogP contribution in [0.15, 0.2) is 12.4 Å². The van der Waals surface area contributed by atoms with Gasteiger partial charge >= 0.3 is 0 Å². The summed E-state index contributed by atoms with van der Waals surface area (Å²) < 4.78 is 0. The van der Waals surface area contributed by atoms with E-state index in [1.165, 1.54) is 0 Å². The average molecular weight is 277 g/mol. The first-order chi connectivity index (χ1) is 9.78. The zero-order chi connectivity index (χ0) is 14.2. The van der Waals surface area contributed by atoms with E-state index in [-0.39, 0.29) is 5.91 Å². The van der Waals surface area contributed by atoms with Crippen LogP contribution in [0.5, 0.6) is 0 Å². The van der Waals surface area contributed by atoms with E-state index >= 15 is 0 Å². The van der Waals surface area contributed by atoms with Crippen LogP contribution in [-0.4, -0.2) is 35.0 Å². The Balaban J connectivity index is 1.63. The van der Waals surface area contributed by atoms with Gasteiger partial charge in [-0.05, 0) is 25.7 Å². The molecule has 1 aromatic rings. The van der Waals surface area contributed by atoms with Crippen LogP contribution in [0, 0.1) is 0 Å². The Morgan fingerprint density at radius 3 is 2.60 bits per heavy atom. The molecule has 0 saturated heterocycles. The minimum Gasteiger partial charge on any atom is -0.370 e. The highest BCUT2D eigenvalue weighted by Crippen LogP contribution is 2.18.